The average Bonchev–Trinajstić information content (AvgIpc) is 2.55. The molecule has 0 radical (unpaired) electrons. The lowest BCUT2D eigenvalue weighted by molar-refractivity contribution is -0.150. The Morgan fingerprint density at radius 2 is 2.17 bits per heavy atom. The fraction of sp³-hybridized carbons (Fsp3) is 0.550. The van der Waals surface area contributed by atoms with Gasteiger partial charge in [0.2, 0.25) is 0 Å². The van der Waals surface area contributed by atoms with Crippen LogP contribution in [0.5, 0.6) is 0 Å². The summed E-state index contributed by atoms with van der Waals surface area (Å²) in [5, 5.41) is 10.1. The van der Waals surface area contributed by atoms with Crippen molar-refractivity contribution >= 4 is 5.97 Å². The number of aliphatic hydroxyl groups is 1. The maximum atomic E-state index is 12.3. The molecule has 0 bridgehead atoms. The molecule has 2 aliphatic rings. The molecule has 1 N–H and O–H groups in total. The summed E-state index contributed by atoms with van der Waals surface area (Å²) in [6.07, 6.45) is 9.89. The molecule has 3 nitrogen and oxygen atoms in total. The Kier molecular flexibility index (Phi) is 6.00. The minimum Gasteiger partial charge on any atom is -0.461 e. The third-order valence-corrected chi connectivity index (χ3v) is 4.72. The molecule has 1 fully saturated rings. The molecule has 126 valence electrons. The number of cyclic esters (lactones) is 1. The molecule has 1 aliphatic heterocycles. The number of esters is 1. The molecule has 0 aromatic rings. The van der Waals surface area contributed by atoms with Gasteiger partial charge in [-0.3, -0.25) is 4.79 Å². The zero-order valence-corrected chi connectivity index (χ0v) is 14.4. The topological polar surface area (TPSA) is 46.5 Å². The van der Waals surface area contributed by atoms with Crippen LogP contribution in [0, 0.1) is 17.8 Å². The normalized spacial score (nSPS) is 33.7. The van der Waals surface area contributed by atoms with Gasteiger partial charge in [-0.2, -0.15) is 0 Å². The second kappa shape index (κ2) is 7.78. The van der Waals surface area contributed by atoms with E-state index in [-0.39, 0.29) is 17.8 Å². The minimum atomic E-state index is -0.448. The quantitative estimate of drug-likeness (QED) is 0.619. The van der Waals surface area contributed by atoms with Crippen LogP contribution in [-0.2, 0) is 9.53 Å². The Labute approximate surface area is 139 Å². The first-order valence-corrected chi connectivity index (χ1v) is 8.46. The zero-order valence-electron chi connectivity index (χ0n) is 14.4. The molecular weight excluding hydrogens is 288 g/mol. The molecule has 0 spiro atoms. The second-order valence-electron chi connectivity index (χ2n) is 6.96. The zero-order chi connectivity index (χ0) is 17.0. The molecule has 1 saturated heterocycles. The summed E-state index contributed by atoms with van der Waals surface area (Å²) in [4.78, 5) is 12.3. The summed E-state index contributed by atoms with van der Waals surface area (Å²) in [6.45, 7) is 10.7. The van der Waals surface area contributed by atoms with E-state index in [1.165, 1.54) is 0 Å². The van der Waals surface area contributed by atoms with Crippen molar-refractivity contribution in [3.05, 3.63) is 47.6 Å². The van der Waals surface area contributed by atoms with Gasteiger partial charge in [0.25, 0.3) is 0 Å². The maximum absolute atomic E-state index is 12.3. The summed E-state index contributed by atoms with van der Waals surface area (Å²) in [7, 11) is 0. The number of hydrogen-bond acceptors (Lipinski definition) is 3. The number of carbonyl (C=O) groups excluding carboxylic acids is 1. The Hall–Kier alpha value is -1.61. The summed E-state index contributed by atoms with van der Waals surface area (Å²) in [5.41, 5.74) is 2.99. The molecule has 3 atom stereocenters. The summed E-state index contributed by atoms with van der Waals surface area (Å²) in [6, 6.07) is 0. The molecule has 1 aliphatic carbocycles. The third-order valence-electron chi connectivity index (χ3n) is 4.72. The van der Waals surface area contributed by atoms with Crippen LogP contribution in [0.3, 0.4) is 0 Å². The number of allylic oxidation sites excluding steroid dienone is 4. The van der Waals surface area contributed by atoms with Crippen molar-refractivity contribution in [3.8, 4) is 0 Å². The molecule has 0 unspecified atom stereocenters. The molecular formula is C20H28O3. The van der Waals surface area contributed by atoms with Gasteiger partial charge in [-0.25, -0.2) is 0 Å². The van der Waals surface area contributed by atoms with Gasteiger partial charge in [-0.05, 0) is 43.3 Å². The van der Waals surface area contributed by atoms with E-state index in [4.69, 9.17) is 4.74 Å². The van der Waals surface area contributed by atoms with Crippen LogP contribution in [0.15, 0.2) is 47.6 Å². The fourth-order valence-electron chi connectivity index (χ4n) is 3.20. The summed E-state index contributed by atoms with van der Waals surface area (Å²) in [5.74, 6) is 0.103. The lowest BCUT2D eigenvalue weighted by Gasteiger charge is -2.33. The van der Waals surface area contributed by atoms with E-state index in [0.29, 0.717) is 25.4 Å². The Morgan fingerprint density at radius 3 is 2.87 bits per heavy atom. The van der Waals surface area contributed by atoms with Crippen molar-refractivity contribution in [3.63, 3.8) is 0 Å². The number of aliphatic hydroxyl groups excluding tert-OH is 1. The number of rotatable bonds is 2. The molecule has 0 saturated carbocycles. The summed E-state index contributed by atoms with van der Waals surface area (Å²) < 4.78 is 5.39. The van der Waals surface area contributed by atoms with Crippen molar-refractivity contribution in [2.45, 2.75) is 46.1 Å². The monoisotopic (exact) mass is 316 g/mol. The summed E-state index contributed by atoms with van der Waals surface area (Å²) >= 11 is 0. The highest BCUT2D eigenvalue weighted by Gasteiger charge is 2.38. The van der Waals surface area contributed by atoms with Gasteiger partial charge in [0, 0.05) is 5.92 Å². The predicted octanol–water partition coefficient (Wildman–Crippen LogP) is 3.96. The minimum absolute atomic E-state index is 0.0841. The smallest absolute Gasteiger partial charge is 0.314 e. The van der Waals surface area contributed by atoms with Crippen LogP contribution < -0.4 is 0 Å². The van der Waals surface area contributed by atoms with Crippen LogP contribution in [0.2, 0.25) is 0 Å². The Morgan fingerprint density at radius 1 is 1.43 bits per heavy atom. The number of carbonyl (C=O) groups is 1. The van der Waals surface area contributed by atoms with Gasteiger partial charge in [0.05, 0.1) is 12.0 Å². The Balaban J connectivity index is 2.33. The number of hydrogen-bond donors (Lipinski definition) is 1. The molecule has 3 heteroatoms. The molecule has 0 aromatic carbocycles. The fourth-order valence-corrected chi connectivity index (χ4v) is 3.20. The van der Waals surface area contributed by atoms with E-state index >= 15 is 0 Å². The van der Waals surface area contributed by atoms with Gasteiger partial charge in [-0.15, -0.1) is 0 Å². The van der Waals surface area contributed by atoms with Crippen LogP contribution in [0.4, 0.5) is 0 Å². The van der Waals surface area contributed by atoms with Gasteiger partial charge in [0.1, 0.15) is 6.61 Å². The van der Waals surface area contributed by atoms with Gasteiger partial charge < -0.3 is 9.84 Å². The van der Waals surface area contributed by atoms with E-state index < -0.39 is 6.10 Å². The van der Waals surface area contributed by atoms with Crippen molar-refractivity contribution in [2.75, 3.05) is 6.61 Å². The number of ether oxygens (including phenoxy) is 1. The van der Waals surface area contributed by atoms with E-state index in [1.54, 1.807) is 0 Å². The van der Waals surface area contributed by atoms with Crippen molar-refractivity contribution in [1.82, 2.24) is 0 Å². The molecule has 2 rings (SSSR count). The first-order chi connectivity index (χ1) is 10.9. The molecule has 0 amide bonds. The van der Waals surface area contributed by atoms with Gasteiger partial charge in [0.15, 0.2) is 0 Å². The average molecular weight is 316 g/mol. The highest BCUT2D eigenvalue weighted by atomic mass is 16.5. The van der Waals surface area contributed by atoms with Gasteiger partial charge >= 0.3 is 5.97 Å². The van der Waals surface area contributed by atoms with Crippen molar-refractivity contribution in [2.24, 2.45) is 17.8 Å². The lowest BCUT2D eigenvalue weighted by atomic mass is 9.77. The molecule has 0 aromatic heterocycles. The highest BCUT2D eigenvalue weighted by Crippen LogP contribution is 2.38. The third kappa shape index (κ3) is 4.44. The molecule has 1 heterocycles. The first kappa shape index (κ1) is 17.7. The predicted molar refractivity (Wildman–Crippen MR) is 92.8 cm³/mol. The van der Waals surface area contributed by atoms with E-state index in [0.717, 1.165) is 23.1 Å². The van der Waals surface area contributed by atoms with E-state index in [1.807, 2.05) is 6.92 Å². The van der Waals surface area contributed by atoms with Crippen LogP contribution in [0.25, 0.3) is 0 Å². The Bertz CT molecular complexity index is 551. The molecule has 23 heavy (non-hydrogen) atoms. The second-order valence-corrected chi connectivity index (χ2v) is 6.96. The largest absolute Gasteiger partial charge is 0.461 e. The van der Waals surface area contributed by atoms with Crippen LogP contribution >= 0.6 is 0 Å². The van der Waals surface area contributed by atoms with Crippen LogP contribution in [0.1, 0.15) is 40.0 Å². The van der Waals surface area contributed by atoms with E-state index in [2.05, 4.69) is 44.7 Å². The van der Waals surface area contributed by atoms with Crippen molar-refractivity contribution in [1.29, 1.82) is 0 Å². The highest BCUT2D eigenvalue weighted by molar-refractivity contribution is 5.78. The van der Waals surface area contributed by atoms with E-state index in [9.17, 15) is 9.90 Å². The maximum Gasteiger partial charge on any atom is 0.314 e. The lowest BCUT2D eigenvalue weighted by Crippen LogP contribution is -2.35. The number of fused-ring (bicyclic) bond motifs is 1. The first-order valence-electron chi connectivity index (χ1n) is 8.46. The SMILES string of the molecule is C=C1CC[C@H](O)/C(C)=C\C[C@@H]2/C(=C\C=C\C(C)C)COC(=O)[C@@H]12. The van der Waals surface area contributed by atoms with Crippen molar-refractivity contribution < 1.29 is 14.6 Å². The van der Waals surface area contributed by atoms with Gasteiger partial charge in [-0.1, -0.05) is 50.3 Å². The van der Waals surface area contributed by atoms with Crippen LogP contribution in [-0.4, -0.2) is 23.8 Å². The standard InChI is InChI=1S/C20H28O3/c1-13(2)6-5-7-16-12-23-20(22)19-15(4)9-11-18(21)14(3)8-10-17(16)19/h5-8,13,17-19,21H,4,9-12H2,1-3H3/b6-5+,14-8-,16-7-/t17-,18+,19+/m1/s1.